The number of aliphatic hydroxyl groups is 1. The number of rotatable bonds is 5. The van der Waals surface area contributed by atoms with E-state index in [0.29, 0.717) is 19.6 Å². The molecule has 1 amide bonds. The number of carbonyl (C=O) groups excluding carboxylic acids is 1. The van der Waals surface area contributed by atoms with Crippen LogP contribution >= 0.6 is 24.0 Å². The smallest absolute Gasteiger partial charge is 0.222 e. The zero-order chi connectivity index (χ0) is 19.2. The van der Waals surface area contributed by atoms with Crippen molar-refractivity contribution in [2.45, 2.75) is 38.8 Å². The summed E-state index contributed by atoms with van der Waals surface area (Å²) < 4.78 is 0. The maximum Gasteiger partial charge on any atom is 0.222 e. The summed E-state index contributed by atoms with van der Waals surface area (Å²) in [5.41, 5.74) is 6.54. The molecule has 2 aliphatic rings. The van der Waals surface area contributed by atoms with Crippen molar-refractivity contribution in [3.8, 4) is 0 Å². The Hall–Kier alpha value is -1.62. The van der Waals surface area contributed by atoms with E-state index in [0.717, 1.165) is 56.2 Å². The van der Waals surface area contributed by atoms with Gasteiger partial charge in [-0.05, 0) is 32.3 Å². The number of hydrogen-bond donors (Lipinski definition) is 3. The van der Waals surface area contributed by atoms with Gasteiger partial charge < -0.3 is 26.0 Å². The lowest BCUT2D eigenvalue weighted by atomic mass is 9.97. The molecule has 3 rings (SSSR count). The third-order valence-electron chi connectivity index (χ3n) is 5.19. The third-order valence-corrected chi connectivity index (χ3v) is 5.19. The number of piperidine rings is 1. The molecule has 0 spiro atoms. The summed E-state index contributed by atoms with van der Waals surface area (Å²) in [6.45, 7) is 6.21. The van der Waals surface area contributed by atoms with E-state index in [1.54, 1.807) is 6.20 Å². The number of anilines is 1. The number of aliphatic hydroxyl groups excluding tert-OH is 1. The van der Waals surface area contributed by atoms with Crippen molar-refractivity contribution in [1.82, 2.24) is 15.2 Å². The Morgan fingerprint density at radius 2 is 2.21 bits per heavy atom. The number of β-amino-alcohol motifs (C(OH)–C–C–N with tert-alkyl or cyclic N) is 1. The molecule has 0 bridgehead atoms. The van der Waals surface area contributed by atoms with Gasteiger partial charge in [0.1, 0.15) is 5.82 Å². The normalized spacial score (nSPS) is 22.7. The largest absolute Gasteiger partial charge is 0.391 e. The van der Waals surface area contributed by atoms with Gasteiger partial charge in [0, 0.05) is 44.5 Å². The molecule has 0 aliphatic carbocycles. The molecule has 2 aliphatic heterocycles. The molecule has 2 saturated heterocycles. The molecule has 156 valence electrons. The van der Waals surface area contributed by atoms with Gasteiger partial charge in [-0.15, -0.1) is 24.0 Å². The predicted octanol–water partition coefficient (Wildman–Crippen LogP) is 0.933. The fourth-order valence-electron chi connectivity index (χ4n) is 3.76. The van der Waals surface area contributed by atoms with Gasteiger partial charge in [0.15, 0.2) is 5.96 Å². The Kier molecular flexibility index (Phi) is 8.74. The average molecular weight is 502 g/mol. The molecular formula is C19H31IN6O2. The number of primary amides is 1. The van der Waals surface area contributed by atoms with E-state index in [9.17, 15) is 9.90 Å². The van der Waals surface area contributed by atoms with E-state index in [1.165, 1.54) is 0 Å². The molecule has 1 unspecified atom stereocenters. The van der Waals surface area contributed by atoms with Crippen LogP contribution in [0.3, 0.4) is 0 Å². The lowest BCUT2D eigenvalue weighted by molar-refractivity contribution is -0.122. The van der Waals surface area contributed by atoms with E-state index in [1.807, 2.05) is 19.1 Å². The van der Waals surface area contributed by atoms with Crippen LogP contribution in [-0.4, -0.2) is 65.7 Å². The third kappa shape index (κ3) is 5.69. The second kappa shape index (κ2) is 10.8. The van der Waals surface area contributed by atoms with Gasteiger partial charge in [0.2, 0.25) is 5.91 Å². The molecule has 1 aromatic heterocycles. The van der Waals surface area contributed by atoms with E-state index < -0.39 is 0 Å². The zero-order valence-electron chi connectivity index (χ0n) is 16.4. The summed E-state index contributed by atoms with van der Waals surface area (Å²) in [5, 5.41) is 13.1. The summed E-state index contributed by atoms with van der Waals surface area (Å²) in [6.07, 6.45) is 4.03. The molecule has 9 heteroatoms. The first kappa shape index (κ1) is 22.7. The van der Waals surface area contributed by atoms with Crippen LogP contribution in [0, 0.1) is 5.92 Å². The van der Waals surface area contributed by atoms with Crippen LogP contribution in [0.25, 0.3) is 0 Å². The highest BCUT2D eigenvalue weighted by Gasteiger charge is 2.26. The van der Waals surface area contributed by atoms with E-state index in [-0.39, 0.29) is 41.9 Å². The van der Waals surface area contributed by atoms with Gasteiger partial charge >= 0.3 is 0 Å². The minimum atomic E-state index is -0.290. The summed E-state index contributed by atoms with van der Waals surface area (Å²) in [7, 11) is 0. The number of halogens is 1. The molecule has 8 nitrogen and oxygen atoms in total. The van der Waals surface area contributed by atoms with E-state index >= 15 is 0 Å². The Balaban J connectivity index is 0.00000280. The maximum atomic E-state index is 11.6. The Bertz CT molecular complexity index is 686. The first-order valence-electron chi connectivity index (χ1n) is 9.78. The molecular weight excluding hydrogens is 471 g/mol. The van der Waals surface area contributed by atoms with Crippen molar-refractivity contribution < 1.29 is 9.90 Å². The van der Waals surface area contributed by atoms with Gasteiger partial charge in [0.25, 0.3) is 0 Å². The minimum absolute atomic E-state index is 0. The van der Waals surface area contributed by atoms with Crippen LogP contribution in [0.2, 0.25) is 0 Å². The van der Waals surface area contributed by atoms with Crippen LogP contribution in [0.15, 0.2) is 23.3 Å². The number of aromatic nitrogens is 1. The molecule has 0 radical (unpaired) electrons. The number of carbonyl (C=O) groups is 1. The summed E-state index contributed by atoms with van der Waals surface area (Å²) in [4.78, 5) is 25.2. The molecule has 3 heterocycles. The standard InChI is InChI=1S/C19H30N6O2.HI/c1-2-21-19(25-10-7-16(26)13-25)23-11-14-5-3-8-22-18(14)24-9-4-6-15(12-24)17(20)27;/h3,5,8,15-16,26H,2,4,6-7,9-13H2,1H3,(H2,20,27)(H,21,23);1H/t15?,16-;/m1./s1. The van der Waals surface area contributed by atoms with Crippen molar-refractivity contribution in [1.29, 1.82) is 0 Å². The van der Waals surface area contributed by atoms with Crippen LogP contribution in [0.4, 0.5) is 5.82 Å². The summed E-state index contributed by atoms with van der Waals surface area (Å²) in [6, 6.07) is 3.94. The number of pyridine rings is 1. The van der Waals surface area contributed by atoms with Gasteiger partial charge in [-0.3, -0.25) is 4.79 Å². The lowest BCUT2D eigenvalue weighted by Crippen LogP contribution is -2.42. The summed E-state index contributed by atoms with van der Waals surface area (Å²) in [5.74, 6) is 1.33. The minimum Gasteiger partial charge on any atom is -0.391 e. The van der Waals surface area contributed by atoms with Gasteiger partial charge in [0.05, 0.1) is 18.6 Å². The number of guanidine groups is 1. The number of likely N-dealkylation sites (tertiary alicyclic amines) is 1. The second-order valence-corrected chi connectivity index (χ2v) is 7.23. The zero-order valence-corrected chi connectivity index (χ0v) is 18.7. The van der Waals surface area contributed by atoms with Gasteiger partial charge in [-0.2, -0.15) is 0 Å². The fraction of sp³-hybridized carbons (Fsp3) is 0.632. The van der Waals surface area contributed by atoms with E-state index in [4.69, 9.17) is 10.7 Å². The fourth-order valence-corrected chi connectivity index (χ4v) is 3.76. The number of hydrogen-bond acceptors (Lipinski definition) is 5. The maximum absolute atomic E-state index is 11.6. The average Bonchev–Trinajstić information content (AvgIpc) is 3.11. The van der Waals surface area contributed by atoms with Gasteiger partial charge in [-0.25, -0.2) is 9.98 Å². The Labute approximate surface area is 183 Å². The molecule has 4 N–H and O–H groups in total. The SMILES string of the molecule is CCNC(=NCc1cccnc1N1CCCC(C(N)=O)C1)N1CC[C@@H](O)C1.I. The van der Waals surface area contributed by atoms with Crippen molar-refractivity contribution in [2.24, 2.45) is 16.6 Å². The number of amides is 1. The van der Waals surface area contributed by atoms with Crippen molar-refractivity contribution in [2.75, 3.05) is 37.6 Å². The van der Waals surface area contributed by atoms with Crippen molar-refractivity contribution in [3.05, 3.63) is 23.9 Å². The highest BCUT2D eigenvalue weighted by molar-refractivity contribution is 14.0. The summed E-state index contributed by atoms with van der Waals surface area (Å²) >= 11 is 0. The molecule has 0 saturated carbocycles. The first-order valence-corrected chi connectivity index (χ1v) is 9.78. The quantitative estimate of drug-likeness (QED) is 0.314. The highest BCUT2D eigenvalue weighted by Crippen LogP contribution is 2.25. The van der Waals surface area contributed by atoms with Crippen molar-refractivity contribution >= 4 is 41.7 Å². The topological polar surface area (TPSA) is 107 Å². The number of nitrogens with one attached hydrogen (secondary N) is 1. The highest BCUT2D eigenvalue weighted by atomic mass is 127. The van der Waals surface area contributed by atoms with Crippen molar-refractivity contribution in [3.63, 3.8) is 0 Å². The Morgan fingerprint density at radius 3 is 2.89 bits per heavy atom. The lowest BCUT2D eigenvalue weighted by Gasteiger charge is -2.33. The van der Waals surface area contributed by atoms with Crippen LogP contribution in [0.5, 0.6) is 0 Å². The van der Waals surface area contributed by atoms with Crippen LogP contribution in [-0.2, 0) is 11.3 Å². The molecule has 1 aromatic rings. The monoisotopic (exact) mass is 502 g/mol. The van der Waals surface area contributed by atoms with Crippen LogP contribution in [0.1, 0.15) is 31.7 Å². The number of nitrogens with two attached hydrogens (primary N) is 1. The first-order chi connectivity index (χ1) is 13.1. The molecule has 2 fully saturated rings. The van der Waals surface area contributed by atoms with Gasteiger partial charge in [-0.1, -0.05) is 6.07 Å². The number of nitrogens with zero attached hydrogens (tertiary/aromatic N) is 4. The Morgan fingerprint density at radius 1 is 1.39 bits per heavy atom. The van der Waals surface area contributed by atoms with E-state index in [2.05, 4.69) is 20.1 Å². The van der Waals surface area contributed by atoms with Crippen LogP contribution < -0.4 is 16.0 Å². The second-order valence-electron chi connectivity index (χ2n) is 7.23. The number of aliphatic imine (C=N–C) groups is 1. The predicted molar refractivity (Wildman–Crippen MR) is 121 cm³/mol. The molecule has 2 atom stereocenters. The molecule has 28 heavy (non-hydrogen) atoms. The molecule has 0 aromatic carbocycles.